The van der Waals surface area contributed by atoms with E-state index in [0.29, 0.717) is 11.4 Å². The fraction of sp³-hybridized carbons (Fsp3) is 0.158. The maximum absolute atomic E-state index is 12.3. The van der Waals surface area contributed by atoms with Gasteiger partial charge >= 0.3 is 0 Å². The predicted molar refractivity (Wildman–Crippen MR) is 92.9 cm³/mol. The number of benzene rings is 2. The van der Waals surface area contributed by atoms with Crippen LogP contribution in [0.4, 0.5) is 5.69 Å². The number of anilines is 1. The van der Waals surface area contributed by atoms with E-state index in [9.17, 15) is 10.1 Å². The van der Waals surface area contributed by atoms with Crippen LogP contribution in [0.25, 0.3) is 6.08 Å². The summed E-state index contributed by atoms with van der Waals surface area (Å²) in [6.45, 7) is 1.89. The Bertz CT molecular complexity index is 802. The molecule has 0 fully saturated rings. The minimum absolute atomic E-state index is 0.0269. The number of nitrogens with zero attached hydrogens (tertiary/aromatic N) is 1. The van der Waals surface area contributed by atoms with Crippen LogP contribution >= 0.6 is 0 Å². The van der Waals surface area contributed by atoms with E-state index in [0.717, 1.165) is 16.9 Å². The van der Waals surface area contributed by atoms with Gasteiger partial charge in [0.05, 0.1) is 14.2 Å². The molecule has 0 bridgehead atoms. The number of nitrogens with one attached hydrogen (secondary N) is 1. The number of aryl methyl sites for hydroxylation is 1. The number of carbonyl (C=O) groups excluding carboxylic acids is 1. The standard InChI is InChI=1S/C19H18N2O3/c1-13-10-18(24-3)7-4-14(13)11-15(12-20)19(22)21-16-5-8-17(23-2)9-6-16/h4-11H,1-3H3,(H,21,22)/b15-11-. The summed E-state index contributed by atoms with van der Waals surface area (Å²) in [4.78, 5) is 12.3. The first kappa shape index (κ1) is 17.1. The molecule has 1 amide bonds. The molecule has 2 aromatic rings. The van der Waals surface area contributed by atoms with Gasteiger partial charge in [0.1, 0.15) is 23.1 Å². The fourth-order valence-electron chi connectivity index (χ4n) is 2.11. The molecule has 0 aliphatic heterocycles. The van der Waals surface area contributed by atoms with E-state index in [-0.39, 0.29) is 5.57 Å². The summed E-state index contributed by atoms with van der Waals surface area (Å²) in [7, 11) is 3.16. The minimum atomic E-state index is -0.460. The summed E-state index contributed by atoms with van der Waals surface area (Å²) in [5.74, 6) is 0.960. The number of amides is 1. The van der Waals surface area contributed by atoms with Gasteiger partial charge < -0.3 is 14.8 Å². The number of hydrogen-bond acceptors (Lipinski definition) is 4. The van der Waals surface area contributed by atoms with Crippen molar-refractivity contribution in [1.82, 2.24) is 0 Å². The summed E-state index contributed by atoms with van der Waals surface area (Å²) >= 11 is 0. The Kier molecular flexibility index (Phi) is 5.58. The molecule has 0 saturated heterocycles. The van der Waals surface area contributed by atoms with Gasteiger partial charge in [-0.1, -0.05) is 6.07 Å². The average Bonchev–Trinajstić information content (AvgIpc) is 2.61. The van der Waals surface area contributed by atoms with Crippen molar-refractivity contribution in [1.29, 1.82) is 5.26 Å². The van der Waals surface area contributed by atoms with Crippen LogP contribution in [0, 0.1) is 18.3 Å². The predicted octanol–water partition coefficient (Wildman–Crippen LogP) is 3.56. The summed E-state index contributed by atoms with van der Waals surface area (Å²) in [5, 5.41) is 12.0. The van der Waals surface area contributed by atoms with E-state index < -0.39 is 5.91 Å². The Morgan fingerprint density at radius 1 is 1.08 bits per heavy atom. The molecule has 0 saturated carbocycles. The van der Waals surface area contributed by atoms with Gasteiger partial charge in [-0.2, -0.15) is 5.26 Å². The molecule has 0 unspecified atom stereocenters. The lowest BCUT2D eigenvalue weighted by Gasteiger charge is -2.07. The van der Waals surface area contributed by atoms with Crippen molar-refractivity contribution in [2.75, 3.05) is 19.5 Å². The van der Waals surface area contributed by atoms with E-state index in [1.165, 1.54) is 0 Å². The molecule has 0 aliphatic carbocycles. The van der Waals surface area contributed by atoms with Crippen molar-refractivity contribution >= 4 is 17.7 Å². The lowest BCUT2D eigenvalue weighted by Crippen LogP contribution is -2.13. The maximum atomic E-state index is 12.3. The van der Waals surface area contributed by atoms with Crippen LogP contribution in [0.1, 0.15) is 11.1 Å². The van der Waals surface area contributed by atoms with Gasteiger partial charge in [-0.05, 0) is 60.5 Å². The summed E-state index contributed by atoms with van der Waals surface area (Å²) in [5.41, 5.74) is 2.32. The fourth-order valence-corrected chi connectivity index (χ4v) is 2.11. The number of ether oxygens (including phenoxy) is 2. The highest BCUT2D eigenvalue weighted by Gasteiger charge is 2.10. The lowest BCUT2D eigenvalue weighted by atomic mass is 10.1. The second kappa shape index (κ2) is 7.84. The number of nitriles is 1. The van der Waals surface area contributed by atoms with Crippen molar-refractivity contribution in [3.63, 3.8) is 0 Å². The highest BCUT2D eigenvalue weighted by atomic mass is 16.5. The molecule has 0 heterocycles. The highest BCUT2D eigenvalue weighted by Crippen LogP contribution is 2.20. The molecule has 0 radical (unpaired) electrons. The van der Waals surface area contributed by atoms with E-state index in [4.69, 9.17) is 9.47 Å². The minimum Gasteiger partial charge on any atom is -0.497 e. The van der Waals surface area contributed by atoms with E-state index in [1.807, 2.05) is 25.1 Å². The molecule has 0 aromatic heterocycles. The summed E-state index contributed by atoms with van der Waals surface area (Å²) in [6, 6.07) is 14.3. The topological polar surface area (TPSA) is 71.3 Å². The quantitative estimate of drug-likeness (QED) is 0.675. The monoisotopic (exact) mass is 322 g/mol. The van der Waals surface area contributed by atoms with Gasteiger partial charge in [0, 0.05) is 5.69 Å². The smallest absolute Gasteiger partial charge is 0.266 e. The first-order chi connectivity index (χ1) is 11.6. The number of hydrogen-bond donors (Lipinski definition) is 1. The van der Waals surface area contributed by atoms with Gasteiger partial charge in [-0.3, -0.25) is 4.79 Å². The van der Waals surface area contributed by atoms with E-state index in [2.05, 4.69) is 5.32 Å². The molecule has 5 nitrogen and oxygen atoms in total. The first-order valence-corrected chi connectivity index (χ1v) is 7.29. The molecule has 2 rings (SSSR count). The van der Waals surface area contributed by atoms with Crippen LogP contribution in [0.5, 0.6) is 11.5 Å². The number of carbonyl (C=O) groups is 1. The third kappa shape index (κ3) is 4.14. The van der Waals surface area contributed by atoms with Crippen molar-refractivity contribution < 1.29 is 14.3 Å². The molecular weight excluding hydrogens is 304 g/mol. The molecule has 5 heteroatoms. The van der Waals surface area contributed by atoms with Crippen LogP contribution in [-0.4, -0.2) is 20.1 Å². The van der Waals surface area contributed by atoms with E-state index in [1.54, 1.807) is 50.6 Å². The third-order valence-electron chi connectivity index (χ3n) is 3.49. The molecule has 0 spiro atoms. The highest BCUT2D eigenvalue weighted by molar-refractivity contribution is 6.09. The van der Waals surface area contributed by atoms with E-state index >= 15 is 0 Å². The van der Waals surface area contributed by atoms with Gasteiger partial charge in [-0.25, -0.2) is 0 Å². The average molecular weight is 322 g/mol. The first-order valence-electron chi connectivity index (χ1n) is 7.29. The van der Waals surface area contributed by atoms with Crippen LogP contribution in [0.15, 0.2) is 48.0 Å². The molecule has 0 atom stereocenters. The van der Waals surface area contributed by atoms with Crippen molar-refractivity contribution in [3.05, 3.63) is 59.2 Å². The molecule has 122 valence electrons. The second-order valence-corrected chi connectivity index (χ2v) is 5.07. The largest absolute Gasteiger partial charge is 0.497 e. The van der Waals surface area contributed by atoms with Crippen LogP contribution in [-0.2, 0) is 4.79 Å². The summed E-state index contributed by atoms with van der Waals surface area (Å²) < 4.78 is 10.2. The normalized spacial score (nSPS) is 10.7. The van der Waals surface area contributed by atoms with Gasteiger partial charge in [0.15, 0.2) is 0 Å². The molecule has 24 heavy (non-hydrogen) atoms. The Hall–Kier alpha value is -3.26. The molecule has 1 N–H and O–H groups in total. The Labute approximate surface area is 141 Å². The third-order valence-corrected chi connectivity index (χ3v) is 3.49. The van der Waals surface area contributed by atoms with Crippen LogP contribution < -0.4 is 14.8 Å². The number of methoxy groups -OCH3 is 2. The van der Waals surface area contributed by atoms with Gasteiger partial charge in [0.2, 0.25) is 0 Å². The lowest BCUT2D eigenvalue weighted by molar-refractivity contribution is -0.112. The van der Waals surface area contributed by atoms with Crippen molar-refractivity contribution in [2.45, 2.75) is 6.92 Å². The Morgan fingerprint density at radius 2 is 1.71 bits per heavy atom. The van der Waals surface area contributed by atoms with Crippen LogP contribution in [0.3, 0.4) is 0 Å². The van der Waals surface area contributed by atoms with Crippen molar-refractivity contribution in [3.8, 4) is 17.6 Å². The van der Waals surface area contributed by atoms with Crippen LogP contribution in [0.2, 0.25) is 0 Å². The second-order valence-electron chi connectivity index (χ2n) is 5.07. The summed E-state index contributed by atoms with van der Waals surface area (Å²) in [6.07, 6.45) is 1.56. The maximum Gasteiger partial charge on any atom is 0.266 e. The van der Waals surface area contributed by atoms with Gasteiger partial charge in [-0.15, -0.1) is 0 Å². The SMILES string of the molecule is COc1ccc(NC(=O)/C(C#N)=C\c2ccc(OC)cc2C)cc1. The Balaban J connectivity index is 2.20. The van der Waals surface area contributed by atoms with Crippen molar-refractivity contribution in [2.24, 2.45) is 0 Å². The molecule has 2 aromatic carbocycles. The zero-order valence-corrected chi connectivity index (χ0v) is 13.8. The molecule has 0 aliphatic rings. The Morgan fingerprint density at radius 3 is 2.25 bits per heavy atom. The zero-order valence-electron chi connectivity index (χ0n) is 13.8. The zero-order chi connectivity index (χ0) is 17.5. The molecular formula is C19H18N2O3. The number of rotatable bonds is 5. The van der Waals surface area contributed by atoms with Gasteiger partial charge in [0.25, 0.3) is 5.91 Å².